The van der Waals surface area contributed by atoms with Crippen molar-refractivity contribution < 1.29 is 35.5 Å². The molecule has 12 heteroatoms. The largest absolute Gasteiger partial charge is 0.417 e. The number of carbonyl (C=O) groups is 1. The second-order valence-corrected chi connectivity index (χ2v) is 7.71. The Labute approximate surface area is 183 Å². The van der Waals surface area contributed by atoms with Gasteiger partial charge in [0.25, 0.3) is 0 Å². The SMILES string of the molecule is O=C(NCc1ccc(F)cc1C(F)(F)F)C1CCN(c2ncc(C(F)(F)F)cc2Cl)CC1. The summed E-state index contributed by atoms with van der Waals surface area (Å²) in [5.74, 6) is -1.84. The number of hydrogen-bond acceptors (Lipinski definition) is 3. The maximum Gasteiger partial charge on any atom is 0.417 e. The summed E-state index contributed by atoms with van der Waals surface area (Å²) in [7, 11) is 0. The van der Waals surface area contributed by atoms with Gasteiger partial charge in [-0.2, -0.15) is 26.3 Å². The van der Waals surface area contributed by atoms with Crippen molar-refractivity contribution in [1.82, 2.24) is 10.3 Å². The summed E-state index contributed by atoms with van der Waals surface area (Å²) >= 11 is 5.95. The van der Waals surface area contributed by atoms with Crippen LogP contribution in [-0.2, 0) is 23.7 Å². The maximum atomic E-state index is 13.2. The quantitative estimate of drug-likeness (QED) is 0.589. The van der Waals surface area contributed by atoms with E-state index in [-0.39, 0.29) is 29.5 Å². The highest BCUT2D eigenvalue weighted by Crippen LogP contribution is 2.35. The number of amides is 1. The fraction of sp³-hybridized carbons (Fsp3) is 0.400. The van der Waals surface area contributed by atoms with Crippen molar-refractivity contribution in [2.75, 3.05) is 18.0 Å². The molecule has 174 valence electrons. The van der Waals surface area contributed by atoms with Crippen molar-refractivity contribution in [2.24, 2.45) is 5.92 Å². The van der Waals surface area contributed by atoms with Crippen LogP contribution in [-0.4, -0.2) is 24.0 Å². The van der Waals surface area contributed by atoms with Crippen LogP contribution in [0, 0.1) is 11.7 Å². The Bertz CT molecular complexity index is 986. The first-order valence-electron chi connectivity index (χ1n) is 9.47. The molecule has 0 bridgehead atoms. The van der Waals surface area contributed by atoms with Crippen molar-refractivity contribution in [1.29, 1.82) is 0 Å². The van der Waals surface area contributed by atoms with Gasteiger partial charge in [-0.05, 0) is 36.6 Å². The van der Waals surface area contributed by atoms with Gasteiger partial charge in [-0.3, -0.25) is 4.79 Å². The molecule has 1 fully saturated rings. The molecule has 1 amide bonds. The molecule has 1 aromatic heterocycles. The van der Waals surface area contributed by atoms with Crippen LogP contribution < -0.4 is 10.2 Å². The van der Waals surface area contributed by atoms with E-state index in [2.05, 4.69) is 10.3 Å². The van der Waals surface area contributed by atoms with E-state index in [1.54, 1.807) is 4.90 Å². The van der Waals surface area contributed by atoms with Crippen LogP contribution in [0.5, 0.6) is 0 Å². The number of halogens is 8. The average molecular weight is 484 g/mol. The fourth-order valence-corrected chi connectivity index (χ4v) is 3.75. The van der Waals surface area contributed by atoms with E-state index in [0.717, 1.165) is 18.2 Å². The number of pyridine rings is 1. The summed E-state index contributed by atoms with van der Waals surface area (Å²) in [6.45, 7) is 0.140. The van der Waals surface area contributed by atoms with Gasteiger partial charge in [0.15, 0.2) is 0 Å². The molecule has 1 saturated heterocycles. The summed E-state index contributed by atoms with van der Waals surface area (Å²) in [6, 6.07) is 3.01. The molecule has 3 rings (SSSR count). The number of piperidine rings is 1. The third kappa shape index (κ3) is 5.62. The Morgan fingerprint density at radius 1 is 1.09 bits per heavy atom. The first kappa shape index (κ1) is 24.1. The van der Waals surface area contributed by atoms with Crippen molar-refractivity contribution in [3.63, 3.8) is 0 Å². The minimum atomic E-state index is -4.76. The van der Waals surface area contributed by atoms with E-state index in [9.17, 15) is 35.5 Å². The van der Waals surface area contributed by atoms with Gasteiger partial charge in [-0.25, -0.2) is 9.37 Å². The van der Waals surface area contributed by atoms with Gasteiger partial charge < -0.3 is 10.2 Å². The van der Waals surface area contributed by atoms with Crippen molar-refractivity contribution >= 4 is 23.3 Å². The topological polar surface area (TPSA) is 45.2 Å². The second-order valence-electron chi connectivity index (χ2n) is 7.31. The molecular formula is C20H17ClF7N3O. The predicted octanol–water partition coefficient (Wildman–Crippen LogP) is 5.44. The van der Waals surface area contributed by atoms with E-state index in [1.165, 1.54) is 0 Å². The Morgan fingerprint density at radius 3 is 2.31 bits per heavy atom. The molecule has 1 aromatic carbocycles. The number of anilines is 1. The second kappa shape index (κ2) is 9.13. The number of benzene rings is 1. The fourth-order valence-electron chi connectivity index (χ4n) is 3.47. The minimum Gasteiger partial charge on any atom is -0.355 e. The monoisotopic (exact) mass is 483 g/mol. The molecule has 0 atom stereocenters. The van der Waals surface area contributed by atoms with E-state index in [1.807, 2.05) is 0 Å². The zero-order valence-electron chi connectivity index (χ0n) is 16.3. The standard InChI is InChI=1S/C20H17ClF7N3O/c21-16-7-13(19(23,24)25)10-29-17(16)31-5-3-11(4-6-31)18(32)30-9-12-1-2-14(22)8-15(12)20(26,27)28/h1-2,7-8,10-11H,3-6,9H2,(H,30,32). The van der Waals surface area contributed by atoms with Crippen LogP contribution in [0.4, 0.5) is 36.6 Å². The van der Waals surface area contributed by atoms with Crippen LogP contribution >= 0.6 is 11.6 Å². The minimum absolute atomic E-state index is 0.166. The van der Waals surface area contributed by atoms with Crippen LogP contribution in [0.3, 0.4) is 0 Å². The number of carbonyl (C=O) groups excluding carboxylic acids is 1. The molecule has 0 radical (unpaired) electrons. The van der Waals surface area contributed by atoms with Gasteiger partial charge in [-0.15, -0.1) is 0 Å². The van der Waals surface area contributed by atoms with Crippen LogP contribution in [0.2, 0.25) is 5.02 Å². The Morgan fingerprint density at radius 2 is 1.75 bits per heavy atom. The van der Waals surface area contributed by atoms with Crippen molar-refractivity contribution in [3.05, 3.63) is 58.0 Å². The van der Waals surface area contributed by atoms with Crippen LogP contribution in [0.25, 0.3) is 0 Å². The summed E-state index contributed by atoms with van der Waals surface area (Å²) in [6.07, 6.45) is -8.04. The number of nitrogens with zero attached hydrogens (tertiary/aromatic N) is 2. The molecular weight excluding hydrogens is 467 g/mol. The molecule has 0 unspecified atom stereocenters. The molecule has 2 aromatic rings. The molecule has 1 aliphatic heterocycles. The molecule has 0 saturated carbocycles. The normalized spacial score (nSPS) is 15.7. The summed E-state index contributed by atoms with van der Waals surface area (Å²) in [5.41, 5.74) is -2.39. The first-order valence-corrected chi connectivity index (χ1v) is 9.85. The van der Waals surface area contributed by atoms with Gasteiger partial charge in [-0.1, -0.05) is 17.7 Å². The summed E-state index contributed by atoms with van der Waals surface area (Å²) < 4.78 is 90.7. The van der Waals surface area contributed by atoms with Gasteiger partial charge in [0.05, 0.1) is 16.1 Å². The van der Waals surface area contributed by atoms with Gasteiger partial charge >= 0.3 is 12.4 Å². The van der Waals surface area contributed by atoms with Crippen LogP contribution in [0.1, 0.15) is 29.5 Å². The molecule has 2 heterocycles. The van der Waals surface area contributed by atoms with Gasteiger partial charge in [0.2, 0.25) is 5.91 Å². The van der Waals surface area contributed by atoms with E-state index >= 15 is 0 Å². The Balaban J connectivity index is 1.59. The summed E-state index contributed by atoms with van der Waals surface area (Å²) in [4.78, 5) is 17.8. The number of hydrogen-bond donors (Lipinski definition) is 1. The smallest absolute Gasteiger partial charge is 0.355 e. The lowest BCUT2D eigenvalue weighted by atomic mass is 9.95. The highest BCUT2D eigenvalue weighted by Gasteiger charge is 2.35. The number of aromatic nitrogens is 1. The predicted molar refractivity (Wildman–Crippen MR) is 102 cm³/mol. The third-order valence-electron chi connectivity index (χ3n) is 5.14. The third-order valence-corrected chi connectivity index (χ3v) is 5.42. The van der Waals surface area contributed by atoms with Crippen molar-refractivity contribution in [3.8, 4) is 0 Å². The highest BCUT2D eigenvalue weighted by atomic mass is 35.5. The molecule has 0 spiro atoms. The maximum absolute atomic E-state index is 13.2. The zero-order chi connectivity index (χ0) is 23.7. The van der Waals surface area contributed by atoms with E-state index in [4.69, 9.17) is 11.6 Å². The lowest BCUT2D eigenvalue weighted by molar-refractivity contribution is -0.139. The lowest BCUT2D eigenvalue weighted by Crippen LogP contribution is -2.41. The van der Waals surface area contributed by atoms with Gasteiger partial charge in [0.1, 0.15) is 11.6 Å². The Kier molecular flexibility index (Phi) is 6.87. The highest BCUT2D eigenvalue weighted by molar-refractivity contribution is 6.33. The van der Waals surface area contributed by atoms with Crippen molar-refractivity contribution in [2.45, 2.75) is 31.7 Å². The molecule has 1 aliphatic rings. The molecule has 32 heavy (non-hydrogen) atoms. The van der Waals surface area contributed by atoms with Gasteiger partial charge in [0, 0.05) is 31.7 Å². The number of alkyl halides is 6. The average Bonchev–Trinajstić information content (AvgIpc) is 2.71. The Hall–Kier alpha value is -2.56. The summed E-state index contributed by atoms with van der Waals surface area (Å²) in [5, 5.41) is 2.28. The lowest BCUT2D eigenvalue weighted by Gasteiger charge is -2.32. The van der Waals surface area contributed by atoms with Crippen LogP contribution in [0.15, 0.2) is 30.5 Å². The molecule has 0 aliphatic carbocycles. The van der Waals surface area contributed by atoms with E-state index < -0.39 is 47.7 Å². The number of nitrogens with one attached hydrogen (secondary N) is 1. The van der Waals surface area contributed by atoms with E-state index in [0.29, 0.717) is 25.1 Å². The first-order chi connectivity index (χ1) is 14.9. The molecule has 4 nitrogen and oxygen atoms in total. The zero-order valence-corrected chi connectivity index (χ0v) is 17.1. The number of rotatable bonds is 4. The molecule has 1 N–H and O–H groups in total.